The van der Waals surface area contributed by atoms with Crippen LogP contribution in [0.3, 0.4) is 0 Å². The Bertz CT molecular complexity index is 1310. The summed E-state index contributed by atoms with van der Waals surface area (Å²) in [6.45, 7) is 2.36. The molecule has 0 saturated carbocycles. The lowest BCUT2D eigenvalue weighted by Crippen LogP contribution is -2.07. The number of esters is 1. The van der Waals surface area contributed by atoms with Gasteiger partial charge in [0.25, 0.3) is 0 Å². The average molecular weight is 436 g/mol. The van der Waals surface area contributed by atoms with Crippen molar-refractivity contribution in [3.8, 4) is 5.69 Å². The van der Waals surface area contributed by atoms with Gasteiger partial charge in [-0.05, 0) is 67.1 Å². The molecule has 4 rings (SSSR count). The molecule has 0 N–H and O–H groups in total. The third kappa shape index (κ3) is 4.20. The molecule has 4 aromatic rings. The number of hydrogen-bond donors (Lipinski definition) is 0. The van der Waals surface area contributed by atoms with Crippen LogP contribution in [0, 0.1) is 0 Å². The number of fused-ring (bicyclic) bond motifs is 1. The fourth-order valence-corrected chi connectivity index (χ4v) is 4.39. The van der Waals surface area contributed by atoms with Crippen molar-refractivity contribution in [2.75, 3.05) is 6.61 Å². The van der Waals surface area contributed by atoms with E-state index in [4.69, 9.17) is 4.74 Å². The van der Waals surface area contributed by atoms with Crippen LogP contribution >= 0.6 is 0 Å². The lowest BCUT2D eigenvalue weighted by atomic mass is 10.2. The van der Waals surface area contributed by atoms with Crippen LogP contribution in [0.15, 0.2) is 82.6 Å². The Labute approximate surface area is 180 Å². The van der Waals surface area contributed by atoms with Gasteiger partial charge in [0.1, 0.15) is 5.52 Å². The molecule has 158 valence electrons. The Morgan fingerprint density at radius 3 is 2.26 bits per heavy atom. The first-order chi connectivity index (χ1) is 15.0. The summed E-state index contributed by atoms with van der Waals surface area (Å²) in [7, 11) is -3.73. The summed E-state index contributed by atoms with van der Waals surface area (Å²) in [6.07, 6.45) is 1.72. The molecular formula is C23H21N3O4S. The number of carbonyl (C=O) groups excluding carboxylic acids is 1. The number of aromatic nitrogens is 3. The molecule has 1 aromatic heterocycles. The van der Waals surface area contributed by atoms with E-state index < -0.39 is 15.8 Å². The van der Waals surface area contributed by atoms with Crippen LogP contribution in [-0.4, -0.2) is 36.0 Å². The molecule has 3 aromatic carbocycles. The zero-order chi connectivity index (χ0) is 21.8. The molecule has 1 heterocycles. The molecule has 0 saturated heterocycles. The Morgan fingerprint density at radius 2 is 1.58 bits per heavy atom. The van der Waals surface area contributed by atoms with Crippen molar-refractivity contribution in [2.45, 2.75) is 29.6 Å². The smallest absolute Gasteiger partial charge is 0.338 e. The maximum absolute atomic E-state index is 13.0. The first kappa shape index (κ1) is 20.7. The van der Waals surface area contributed by atoms with Crippen molar-refractivity contribution in [3.05, 3.63) is 78.4 Å². The average Bonchev–Trinajstić information content (AvgIpc) is 3.23. The van der Waals surface area contributed by atoms with E-state index in [2.05, 4.69) is 10.3 Å². The second-order valence-corrected chi connectivity index (χ2v) is 8.95. The number of hydrogen-bond acceptors (Lipinski definition) is 6. The van der Waals surface area contributed by atoms with Crippen molar-refractivity contribution in [2.24, 2.45) is 0 Å². The van der Waals surface area contributed by atoms with E-state index in [9.17, 15) is 13.2 Å². The monoisotopic (exact) mass is 435 g/mol. The van der Waals surface area contributed by atoms with Gasteiger partial charge in [0.05, 0.1) is 33.2 Å². The van der Waals surface area contributed by atoms with E-state index >= 15 is 0 Å². The van der Waals surface area contributed by atoms with Crippen molar-refractivity contribution in [3.63, 3.8) is 0 Å². The van der Waals surface area contributed by atoms with Gasteiger partial charge < -0.3 is 4.74 Å². The summed E-state index contributed by atoms with van der Waals surface area (Å²) in [6, 6.07) is 19.8. The topological polar surface area (TPSA) is 91.2 Å². The Hall–Kier alpha value is -3.52. The van der Waals surface area contributed by atoms with Crippen LogP contribution in [0.5, 0.6) is 0 Å². The number of rotatable bonds is 7. The van der Waals surface area contributed by atoms with Gasteiger partial charge >= 0.3 is 5.97 Å². The fourth-order valence-electron chi connectivity index (χ4n) is 3.12. The highest BCUT2D eigenvalue weighted by Gasteiger charge is 2.19. The maximum atomic E-state index is 13.0. The quantitative estimate of drug-likeness (QED) is 0.319. The van der Waals surface area contributed by atoms with Gasteiger partial charge in [-0.1, -0.05) is 30.7 Å². The van der Waals surface area contributed by atoms with Crippen LogP contribution < -0.4 is 0 Å². The molecule has 0 bridgehead atoms. The number of benzene rings is 3. The molecule has 0 aliphatic carbocycles. The van der Waals surface area contributed by atoms with E-state index in [1.54, 1.807) is 16.8 Å². The summed E-state index contributed by atoms with van der Waals surface area (Å²) in [5.74, 6) is -0.457. The van der Waals surface area contributed by atoms with Crippen molar-refractivity contribution in [1.29, 1.82) is 0 Å². The molecule has 0 atom stereocenters. The zero-order valence-corrected chi connectivity index (χ0v) is 17.7. The number of sulfone groups is 1. The largest absolute Gasteiger partial charge is 0.462 e. The molecule has 0 fully saturated rings. The summed E-state index contributed by atoms with van der Waals surface area (Å²) in [5, 5.41) is 8.26. The summed E-state index contributed by atoms with van der Waals surface area (Å²) in [4.78, 5) is 12.3. The first-order valence-electron chi connectivity index (χ1n) is 9.94. The molecule has 8 heteroatoms. The Balaban J connectivity index is 1.55. The predicted octanol–water partition coefficient (Wildman–Crippen LogP) is 4.21. The highest BCUT2D eigenvalue weighted by molar-refractivity contribution is 7.91. The molecule has 0 aliphatic rings. The lowest BCUT2D eigenvalue weighted by Gasteiger charge is -2.08. The van der Waals surface area contributed by atoms with Gasteiger partial charge in [0.15, 0.2) is 0 Å². The van der Waals surface area contributed by atoms with Gasteiger partial charge in [0, 0.05) is 0 Å². The number of carbonyl (C=O) groups is 1. The third-order valence-electron chi connectivity index (χ3n) is 4.87. The van der Waals surface area contributed by atoms with Gasteiger partial charge in [-0.15, -0.1) is 5.10 Å². The molecule has 0 amide bonds. The van der Waals surface area contributed by atoms with Crippen LogP contribution in [0.4, 0.5) is 0 Å². The minimum absolute atomic E-state index is 0.108. The van der Waals surface area contributed by atoms with E-state index in [0.717, 1.165) is 23.9 Å². The van der Waals surface area contributed by atoms with Gasteiger partial charge in [-0.25, -0.2) is 17.9 Å². The second kappa shape index (κ2) is 8.69. The summed E-state index contributed by atoms with van der Waals surface area (Å²) in [5.41, 5.74) is 2.62. The van der Waals surface area contributed by atoms with Crippen LogP contribution in [0.1, 0.15) is 30.1 Å². The normalized spacial score (nSPS) is 11.5. The SMILES string of the molecule is CCCCOC(=O)c1ccc(S(=O)(=O)c2ccc(-n3nnc4ccccc43)cc2)cc1. The third-order valence-corrected chi connectivity index (χ3v) is 6.66. The molecule has 0 aliphatic heterocycles. The molecule has 7 nitrogen and oxygen atoms in total. The second-order valence-electron chi connectivity index (χ2n) is 7.00. The molecular weight excluding hydrogens is 414 g/mol. The Kier molecular flexibility index (Phi) is 5.81. The summed E-state index contributed by atoms with van der Waals surface area (Å²) >= 11 is 0. The van der Waals surface area contributed by atoms with E-state index in [1.807, 2.05) is 31.2 Å². The lowest BCUT2D eigenvalue weighted by molar-refractivity contribution is 0.0499. The fraction of sp³-hybridized carbons (Fsp3) is 0.174. The van der Waals surface area contributed by atoms with Crippen molar-refractivity contribution in [1.82, 2.24) is 15.0 Å². The van der Waals surface area contributed by atoms with Gasteiger partial charge in [0.2, 0.25) is 9.84 Å². The number of ether oxygens (including phenoxy) is 1. The van der Waals surface area contributed by atoms with E-state index in [0.29, 0.717) is 17.9 Å². The number of unbranched alkanes of at least 4 members (excludes halogenated alkanes) is 1. The van der Waals surface area contributed by atoms with Crippen LogP contribution in [-0.2, 0) is 14.6 Å². The van der Waals surface area contributed by atoms with Gasteiger partial charge in [-0.3, -0.25) is 0 Å². The molecule has 31 heavy (non-hydrogen) atoms. The highest BCUT2D eigenvalue weighted by Crippen LogP contribution is 2.23. The van der Waals surface area contributed by atoms with Gasteiger partial charge in [-0.2, -0.15) is 0 Å². The van der Waals surface area contributed by atoms with Crippen molar-refractivity contribution < 1.29 is 17.9 Å². The predicted molar refractivity (Wildman–Crippen MR) is 116 cm³/mol. The van der Waals surface area contributed by atoms with Crippen LogP contribution in [0.25, 0.3) is 16.7 Å². The number of nitrogens with zero attached hydrogens (tertiary/aromatic N) is 3. The molecule has 0 spiro atoms. The van der Waals surface area contributed by atoms with Crippen LogP contribution in [0.2, 0.25) is 0 Å². The van der Waals surface area contributed by atoms with E-state index in [-0.39, 0.29) is 9.79 Å². The summed E-state index contributed by atoms with van der Waals surface area (Å²) < 4.78 is 32.8. The zero-order valence-electron chi connectivity index (χ0n) is 16.9. The molecule has 0 unspecified atom stereocenters. The molecule has 0 radical (unpaired) electrons. The van der Waals surface area contributed by atoms with Crippen molar-refractivity contribution >= 4 is 26.8 Å². The maximum Gasteiger partial charge on any atom is 0.338 e. The standard InChI is InChI=1S/C23H21N3O4S/c1-2-3-16-30-23(27)17-8-12-19(13-9-17)31(28,29)20-14-10-18(11-15-20)26-22-7-5-4-6-21(22)24-25-26/h4-15H,2-3,16H2,1H3. The first-order valence-corrected chi connectivity index (χ1v) is 11.4. The Morgan fingerprint density at radius 1 is 0.935 bits per heavy atom. The minimum atomic E-state index is -3.73. The number of para-hydroxylation sites is 1. The van der Waals surface area contributed by atoms with E-state index in [1.165, 1.54) is 36.4 Å². The minimum Gasteiger partial charge on any atom is -0.462 e. The highest BCUT2D eigenvalue weighted by atomic mass is 32.2.